The standard InChI is InChI=1S/C14H16F3N5OS/c1-2-5-11-20-21-13(22(11)18)24-8-12(23)19-10-7-4-3-6-9(10)14(15,16)17/h3-4,6-7H,2,5,8,18H2,1H3,(H,19,23). The van der Waals surface area contributed by atoms with E-state index in [4.69, 9.17) is 5.84 Å². The molecule has 24 heavy (non-hydrogen) atoms. The Balaban J connectivity index is 2.00. The van der Waals surface area contributed by atoms with E-state index in [0.717, 1.165) is 24.2 Å². The van der Waals surface area contributed by atoms with E-state index in [-0.39, 0.29) is 11.4 Å². The lowest BCUT2D eigenvalue weighted by Crippen LogP contribution is -2.19. The Morgan fingerprint density at radius 1 is 1.33 bits per heavy atom. The summed E-state index contributed by atoms with van der Waals surface area (Å²) in [5, 5.41) is 10.4. The maximum Gasteiger partial charge on any atom is 0.418 e. The molecule has 6 nitrogen and oxygen atoms in total. The number of amides is 1. The maximum absolute atomic E-state index is 12.9. The number of alkyl halides is 3. The molecule has 3 N–H and O–H groups in total. The van der Waals surface area contributed by atoms with E-state index in [0.29, 0.717) is 17.4 Å². The molecule has 1 amide bonds. The highest BCUT2D eigenvalue weighted by molar-refractivity contribution is 7.99. The number of halogens is 3. The molecule has 2 rings (SSSR count). The van der Waals surface area contributed by atoms with Gasteiger partial charge in [0.15, 0.2) is 5.82 Å². The number of carbonyl (C=O) groups excluding carboxylic acids is 1. The van der Waals surface area contributed by atoms with E-state index in [1.165, 1.54) is 22.9 Å². The van der Waals surface area contributed by atoms with Crippen molar-refractivity contribution in [1.29, 1.82) is 0 Å². The number of rotatable bonds is 6. The van der Waals surface area contributed by atoms with Crippen LogP contribution in [0.2, 0.25) is 0 Å². The zero-order valence-electron chi connectivity index (χ0n) is 12.8. The molecule has 0 bridgehead atoms. The fourth-order valence-corrected chi connectivity index (χ4v) is 2.63. The molecule has 1 heterocycles. The lowest BCUT2D eigenvalue weighted by atomic mass is 10.1. The predicted octanol–water partition coefficient (Wildman–Crippen LogP) is 2.69. The van der Waals surface area contributed by atoms with Gasteiger partial charge in [-0.3, -0.25) is 4.79 Å². The summed E-state index contributed by atoms with van der Waals surface area (Å²) in [6.07, 6.45) is -3.05. The summed E-state index contributed by atoms with van der Waals surface area (Å²) in [5.74, 6) is 5.67. The van der Waals surface area contributed by atoms with Gasteiger partial charge in [-0.15, -0.1) is 10.2 Å². The molecule has 0 spiro atoms. The van der Waals surface area contributed by atoms with Crippen LogP contribution in [0.5, 0.6) is 0 Å². The van der Waals surface area contributed by atoms with Gasteiger partial charge >= 0.3 is 6.18 Å². The molecule has 2 aromatic rings. The third kappa shape index (κ3) is 4.40. The summed E-state index contributed by atoms with van der Waals surface area (Å²) >= 11 is 1.01. The number of hydrogen-bond acceptors (Lipinski definition) is 5. The van der Waals surface area contributed by atoms with Crippen molar-refractivity contribution in [3.05, 3.63) is 35.7 Å². The molecule has 0 unspecified atom stereocenters. The van der Waals surface area contributed by atoms with Crippen LogP contribution in [-0.4, -0.2) is 26.5 Å². The summed E-state index contributed by atoms with van der Waals surface area (Å²) in [6, 6.07) is 4.80. The lowest BCUT2D eigenvalue weighted by Gasteiger charge is -2.13. The van der Waals surface area contributed by atoms with E-state index in [2.05, 4.69) is 15.5 Å². The maximum atomic E-state index is 12.9. The van der Waals surface area contributed by atoms with Crippen LogP contribution in [0.3, 0.4) is 0 Å². The van der Waals surface area contributed by atoms with Crippen LogP contribution in [0.15, 0.2) is 29.4 Å². The number of benzene rings is 1. The molecule has 1 aromatic heterocycles. The summed E-state index contributed by atoms with van der Waals surface area (Å²) in [5.41, 5.74) is -1.17. The third-order valence-corrected chi connectivity index (χ3v) is 3.99. The van der Waals surface area contributed by atoms with Gasteiger partial charge in [0.1, 0.15) is 0 Å². The quantitative estimate of drug-likeness (QED) is 0.612. The zero-order valence-corrected chi connectivity index (χ0v) is 13.6. The molecule has 130 valence electrons. The van der Waals surface area contributed by atoms with Gasteiger partial charge in [-0.25, -0.2) is 4.68 Å². The first kappa shape index (κ1) is 18.1. The molecule has 0 radical (unpaired) electrons. The normalized spacial score (nSPS) is 11.5. The van der Waals surface area contributed by atoms with Gasteiger partial charge < -0.3 is 11.2 Å². The Hall–Kier alpha value is -2.23. The summed E-state index contributed by atoms with van der Waals surface area (Å²) in [7, 11) is 0. The minimum absolute atomic E-state index is 0.131. The molecule has 0 aliphatic rings. The number of nitrogen functional groups attached to an aromatic ring is 1. The Morgan fingerprint density at radius 2 is 2.04 bits per heavy atom. The smallest absolute Gasteiger partial charge is 0.336 e. The Morgan fingerprint density at radius 3 is 2.71 bits per heavy atom. The van der Waals surface area contributed by atoms with Gasteiger partial charge in [-0.1, -0.05) is 30.8 Å². The monoisotopic (exact) mass is 359 g/mol. The first-order valence-corrected chi connectivity index (χ1v) is 8.09. The molecule has 0 aliphatic heterocycles. The number of nitrogens with one attached hydrogen (secondary N) is 1. The van der Waals surface area contributed by atoms with Gasteiger partial charge in [0.05, 0.1) is 17.0 Å². The van der Waals surface area contributed by atoms with Gasteiger partial charge in [0, 0.05) is 6.42 Å². The summed E-state index contributed by atoms with van der Waals surface area (Å²) in [4.78, 5) is 11.9. The Kier molecular flexibility index (Phi) is 5.71. The number of nitrogens with two attached hydrogens (primary N) is 1. The first-order valence-electron chi connectivity index (χ1n) is 7.11. The molecule has 10 heteroatoms. The van der Waals surface area contributed by atoms with Crippen molar-refractivity contribution in [2.75, 3.05) is 16.9 Å². The largest absolute Gasteiger partial charge is 0.418 e. The van der Waals surface area contributed by atoms with Crippen molar-refractivity contribution in [3.8, 4) is 0 Å². The van der Waals surface area contributed by atoms with Gasteiger partial charge in [-0.2, -0.15) is 13.2 Å². The van der Waals surface area contributed by atoms with Crippen molar-refractivity contribution in [3.63, 3.8) is 0 Å². The van der Waals surface area contributed by atoms with Crippen molar-refractivity contribution < 1.29 is 18.0 Å². The number of nitrogens with zero attached hydrogens (tertiary/aromatic N) is 3. The van der Waals surface area contributed by atoms with Crippen molar-refractivity contribution in [2.45, 2.75) is 31.1 Å². The number of aromatic nitrogens is 3. The van der Waals surface area contributed by atoms with Crippen LogP contribution in [0.1, 0.15) is 24.7 Å². The summed E-state index contributed by atoms with van der Waals surface area (Å²) in [6.45, 7) is 1.97. The van der Waals surface area contributed by atoms with E-state index in [9.17, 15) is 18.0 Å². The number of thioether (sulfide) groups is 1. The Bertz CT molecular complexity index is 717. The van der Waals surface area contributed by atoms with E-state index >= 15 is 0 Å². The first-order chi connectivity index (χ1) is 11.3. The van der Waals surface area contributed by atoms with Crippen molar-refractivity contribution >= 4 is 23.4 Å². The highest BCUT2D eigenvalue weighted by Crippen LogP contribution is 2.34. The number of hydrogen-bond donors (Lipinski definition) is 2. The summed E-state index contributed by atoms with van der Waals surface area (Å²) < 4.78 is 39.9. The zero-order chi connectivity index (χ0) is 17.7. The highest BCUT2D eigenvalue weighted by Gasteiger charge is 2.33. The van der Waals surface area contributed by atoms with Gasteiger partial charge in [-0.05, 0) is 18.6 Å². The second-order valence-corrected chi connectivity index (χ2v) is 5.84. The van der Waals surface area contributed by atoms with Crippen LogP contribution in [0.25, 0.3) is 0 Å². The molecule has 1 aromatic carbocycles. The molecule has 0 saturated heterocycles. The van der Waals surface area contributed by atoms with Crippen LogP contribution >= 0.6 is 11.8 Å². The van der Waals surface area contributed by atoms with Gasteiger partial charge in [0.25, 0.3) is 0 Å². The molecule has 0 saturated carbocycles. The number of aryl methyl sites for hydroxylation is 1. The molecular formula is C14H16F3N5OS. The molecular weight excluding hydrogens is 343 g/mol. The lowest BCUT2D eigenvalue weighted by molar-refractivity contribution is -0.137. The average Bonchev–Trinajstić information content (AvgIpc) is 2.86. The highest BCUT2D eigenvalue weighted by atomic mass is 32.2. The van der Waals surface area contributed by atoms with Crippen molar-refractivity contribution in [2.24, 2.45) is 0 Å². The van der Waals surface area contributed by atoms with Crippen LogP contribution in [0.4, 0.5) is 18.9 Å². The predicted molar refractivity (Wildman–Crippen MR) is 85.0 cm³/mol. The minimum Gasteiger partial charge on any atom is -0.336 e. The number of anilines is 1. The molecule has 0 fully saturated rings. The number of carbonyl (C=O) groups is 1. The van der Waals surface area contributed by atoms with Crippen LogP contribution in [-0.2, 0) is 17.4 Å². The average molecular weight is 359 g/mol. The number of para-hydroxylation sites is 1. The van der Waals surface area contributed by atoms with Gasteiger partial charge in [0.2, 0.25) is 11.1 Å². The Labute approximate surface area is 140 Å². The SMILES string of the molecule is CCCc1nnc(SCC(=O)Nc2ccccc2C(F)(F)F)n1N. The van der Waals surface area contributed by atoms with Crippen LogP contribution in [0, 0.1) is 0 Å². The fraction of sp³-hybridized carbons (Fsp3) is 0.357. The van der Waals surface area contributed by atoms with E-state index in [1.807, 2.05) is 6.92 Å². The topological polar surface area (TPSA) is 85.8 Å². The molecule has 0 atom stereocenters. The van der Waals surface area contributed by atoms with Crippen molar-refractivity contribution in [1.82, 2.24) is 14.9 Å². The molecule has 0 aliphatic carbocycles. The van der Waals surface area contributed by atoms with E-state index < -0.39 is 17.6 Å². The van der Waals surface area contributed by atoms with Crippen LogP contribution < -0.4 is 11.2 Å². The third-order valence-electron chi connectivity index (χ3n) is 3.05. The van der Waals surface area contributed by atoms with E-state index in [1.54, 1.807) is 0 Å². The second kappa shape index (κ2) is 7.56. The fourth-order valence-electron chi connectivity index (χ4n) is 1.96. The minimum atomic E-state index is -4.54. The second-order valence-electron chi connectivity index (χ2n) is 4.90.